The zero-order valence-corrected chi connectivity index (χ0v) is 16.1. The average Bonchev–Trinajstić information content (AvgIpc) is 3.03. The lowest BCUT2D eigenvalue weighted by molar-refractivity contribution is -0.122. The molecule has 2 N–H and O–H groups in total. The molecule has 2 aromatic carbocycles. The standard InChI is InChI=1S/C21H20N4O2S/c1-15-8-5-6-12-17(15)23-19(26)14-18-20(27)24-21(28-18)25-22-13-7-11-16-9-3-2-4-10-16/h2-13,18H,14H2,1H3,(H,23,26)(H,24,25,27)/b11-7+,22-13-. The number of benzene rings is 2. The minimum Gasteiger partial charge on any atom is -0.326 e. The molecule has 1 unspecified atom stereocenters. The second-order valence-electron chi connectivity index (χ2n) is 6.10. The maximum absolute atomic E-state index is 12.2. The van der Waals surface area contributed by atoms with E-state index in [9.17, 15) is 9.59 Å². The van der Waals surface area contributed by atoms with Crippen molar-refractivity contribution >= 4 is 46.7 Å². The molecule has 1 fully saturated rings. The summed E-state index contributed by atoms with van der Waals surface area (Å²) in [6.45, 7) is 1.92. The molecule has 28 heavy (non-hydrogen) atoms. The molecule has 1 aliphatic heterocycles. The van der Waals surface area contributed by atoms with Crippen LogP contribution >= 0.6 is 11.8 Å². The monoisotopic (exact) mass is 392 g/mol. The molecule has 142 valence electrons. The fourth-order valence-corrected chi connectivity index (χ4v) is 3.44. The van der Waals surface area contributed by atoms with Crippen LogP contribution < -0.4 is 10.6 Å². The molecule has 7 heteroatoms. The number of hydrogen-bond donors (Lipinski definition) is 2. The third-order valence-electron chi connectivity index (χ3n) is 3.96. The number of aryl methyl sites for hydroxylation is 1. The van der Waals surface area contributed by atoms with Crippen molar-refractivity contribution in [2.75, 3.05) is 5.32 Å². The minimum atomic E-state index is -0.516. The zero-order chi connectivity index (χ0) is 19.8. The number of allylic oxidation sites excluding steroid dienone is 1. The Morgan fingerprint density at radius 3 is 2.71 bits per heavy atom. The van der Waals surface area contributed by atoms with Crippen LogP contribution in [-0.4, -0.2) is 28.4 Å². The summed E-state index contributed by atoms with van der Waals surface area (Å²) in [4.78, 5) is 24.3. The number of amides is 2. The van der Waals surface area contributed by atoms with Gasteiger partial charge in [-0.1, -0.05) is 66.4 Å². The van der Waals surface area contributed by atoms with E-state index in [0.29, 0.717) is 5.17 Å². The number of carbonyl (C=O) groups is 2. The molecule has 1 atom stereocenters. The van der Waals surface area contributed by atoms with Gasteiger partial charge in [0.2, 0.25) is 11.8 Å². The number of amidine groups is 1. The van der Waals surface area contributed by atoms with Crippen LogP contribution in [-0.2, 0) is 9.59 Å². The molecule has 0 aliphatic carbocycles. The Balaban J connectivity index is 1.51. The molecule has 0 saturated carbocycles. The van der Waals surface area contributed by atoms with Crippen molar-refractivity contribution in [1.82, 2.24) is 5.32 Å². The second kappa shape index (κ2) is 9.66. The van der Waals surface area contributed by atoms with Crippen molar-refractivity contribution in [3.63, 3.8) is 0 Å². The topological polar surface area (TPSA) is 82.9 Å². The molecular formula is C21H20N4O2S. The largest absolute Gasteiger partial charge is 0.326 e. The SMILES string of the molecule is Cc1ccccc1NC(=O)CC1S/C(=N/N=C\C=C\c2ccccc2)NC1=O. The van der Waals surface area contributed by atoms with E-state index in [1.165, 1.54) is 11.8 Å². The fourth-order valence-electron chi connectivity index (χ4n) is 2.51. The van der Waals surface area contributed by atoms with Crippen molar-refractivity contribution in [2.45, 2.75) is 18.6 Å². The van der Waals surface area contributed by atoms with E-state index in [-0.39, 0.29) is 18.2 Å². The van der Waals surface area contributed by atoms with Gasteiger partial charge < -0.3 is 10.6 Å². The average molecular weight is 392 g/mol. The Morgan fingerprint density at radius 2 is 1.93 bits per heavy atom. The molecule has 2 aromatic rings. The maximum atomic E-state index is 12.2. The highest BCUT2D eigenvalue weighted by molar-refractivity contribution is 8.15. The smallest absolute Gasteiger partial charge is 0.240 e. The predicted molar refractivity (Wildman–Crippen MR) is 115 cm³/mol. The number of para-hydroxylation sites is 1. The summed E-state index contributed by atoms with van der Waals surface area (Å²) < 4.78 is 0. The number of nitrogens with one attached hydrogen (secondary N) is 2. The Bertz CT molecular complexity index is 938. The highest BCUT2D eigenvalue weighted by Crippen LogP contribution is 2.23. The molecule has 0 radical (unpaired) electrons. The Kier molecular flexibility index (Phi) is 6.75. The molecule has 0 bridgehead atoms. The summed E-state index contributed by atoms with van der Waals surface area (Å²) in [6, 6.07) is 17.3. The highest BCUT2D eigenvalue weighted by Gasteiger charge is 2.32. The van der Waals surface area contributed by atoms with E-state index in [1.807, 2.05) is 67.6 Å². The van der Waals surface area contributed by atoms with Gasteiger partial charge in [-0.15, -0.1) is 5.10 Å². The zero-order valence-electron chi connectivity index (χ0n) is 15.3. The molecule has 6 nitrogen and oxygen atoms in total. The first-order chi connectivity index (χ1) is 13.6. The lowest BCUT2D eigenvalue weighted by Gasteiger charge is -2.09. The molecule has 3 rings (SSSR count). The summed E-state index contributed by atoms with van der Waals surface area (Å²) >= 11 is 1.21. The van der Waals surface area contributed by atoms with Crippen LogP contribution in [0.25, 0.3) is 6.08 Å². The molecule has 2 amide bonds. The number of anilines is 1. The van der Waals surface area contributed by atoms with Crippen LogP contribution in [0.5, 0.6) is 0 Å². The molecule has 1 saturated heterocycles. The Hall–Kier alpha value is -3.19. The number of carbonyl (C=O) groups excluding carboxylic acids is 2. The van der Waals surface area contributed by atoms with Crippen LogP contribution in [0.3, 0.4) is 0 Å². The van der Waals surface area contributed by atoms with Gasteiger partial charge in [-0.25, -0.2) is 0 Å². The normalized spacial score (nSPS) is 18.1. The van der Waals surface area contributed by atoms with Crippen molar-refractivity contribution in [1.29, 1.82) is 0 Å². The van der Waals surface area contributed by atoms with Gasteiger partial charge in [0.25, 0.3) is 0 Å². The first-order valence-corrected chi connectivity index (χ1v) is 9.65. The fraction of sp³-hybridized carbons (Fsp3) is 0.143. The van der Waals surface area contributed by atoms with E-state index >= 15 is 0 Å². The van der Waals surface area contributed by atoms with Crippen LogP contribution in [0.2, 0.25) is 0 Å². The summed E-state index contributed by atoms with van der Waals surface area (Å²) in [5, 5.41) is 13.3. The molecule has 1 aliphatic rings. The number of rotatable bonds is 6. The third kappa shape index (κ3) is 5.65. The van der Waals surface area contributed by atoms with Crippen molar-refractivity contribution in [3.05, 3.63) is 71.8 Å². The molecule has 0 spiro atoms. The first kappa shape index (κ1) is 19.6. The van der Waals surface area contributed by atoms with Gasteiger partial charge >= 0.3 is 0 Å². The lowest BCUT2D eigenvalue weighted by atomic mass is 10.2. The lowest BCUT2D eigenvalue weighted by Crippen LogP contribution is -2.28. The summed E-state index contributed by atoms with van der Waals surface area (Å²) in [7, 11) is 0. The molecule has 0 aromatic heterocycles. The van der Waals surface area contributed by atoms with Crippen LogP contribution in [0, 0.1) is 6.92 Å². The van der Waals surface area contributed by atoms with Crippen molar-refractivity contribution in [3.8, 4) is 0 Å². The van der Waals surface area contributed by atoms with Crippen LogP contribution in [0.15, 0.2) is 70.9 Å². The van der Waals surface area contributed by atoms with E-state index in [4.69, 9.17) is 0 Å². The van der Waals surface area contributed by atoms with E-state index in [1.54, 1.807) is 12.3 Å². The maximum Gasteiger partial charge on any atom is 0.240 e. The summed E-state index contributed by atoms with van der Waals surface area (Å²) in [5.74, 6) is -0.448. The third-order valence-corrected chi connectivity index (χ3v) is 5.03. The van der Waals surface area contributed by atoms with Gasteiger partial charge in [0.1, 0.15) is 5.25 Å². The first-order valence-electron chi connectivity index (χ1n) is 8.77. The van der Waals surface area contributed by atoms with Gasteiger partial charge in [0.15, 0.2) is 5.17 Å². The highest BCUT2D eigenvalue weighted by atomic mass is 32.2. The van der Waals surface area contributed by atoms with Gasteiger partial charge in [0, 0.05) is 18.3 Å². The van der Waals surface area contributed by atoms with Gasteiger partial charge in [-0.2, -0.15) is 5.10 Å². The number of thioether (sulfide) groups is 1. The molecule has 1 heterocycles. The van der Waals surface area contributed by atoms with E-state index < -0.39 is 5.25 Å². The summed E-state index contributed by atoms with van der Waals surface area (Å²) in [5.41, 5.74) is 2.78. The van der Waals surface area contributed by atoms with Crippen molar-refractivity contribution in [2.24, 2.45) is 10.2 Å². The van der Waals surface area contributed by atoms with Gasteiger partial charge in [0.05, 0.1) is 0 Å². The number of hydrogen-bond acceptors (Lipinski definition) is 5. The minimum absolute atomic E-state index is 0.0709. The van der Waals surface area contributed by atoms with Gasteiger partial charge in [-0.05, 0) is 30.2 Å². The van der Waals surface area contributed by atoms with E-state index in [2.05, 4.69) is 20.8 Å². The predicted octanol–water partition coefficient (Wildman–Crippen LogP) is 3.61. The van der Waals surface area contributed by atoms with Crippen LogP contribution in [0.1, 0.15) is 17.5 Å². The Morgan fingerprint density at radius 1 is 1.18 bits per heavy atom. The quantitative estimate of drug-likeness (QED) is 0.582. The molecular weight excluding hydrogens is 372 g/mol. The van der Waals surface area contributed by atoms with Crippen molar-refractivity contribution < 1.29 is 9.59 Å². The van der Waals surface area contributed by atoms with Gasteiger partial charge in [-0.3, -0.25) is 9.59 Å². The van der Waals surface area contributed by atoms with Crippen LogP contribution in [0.4, 0.5) is 5.69 Å². The number of nitrogens with zero attached hydrogens (tertiary/aromatic N) is 2. The second-order valence-corrected chi connectivity index (χ2v) is 7.29. The summed E-state index contributed by atoms with van der Waals surface area (Å²) in [6.07, 6.45) is 5.29. The Labute approximate surface area is 167 Å². The van der Waals surface area contributed by atoms with E-state index in [0.717, 1.165) is 16.8 Å².